The van der Waals surface area contributed by atoms with E-state index < -0.39 is 18.8 Å². The van der Waals surface area contributed by atoms with Crippen molar-refractivity contribution in [1.29, 1.82) is 0 Å². The molecule has 1 rings (SSSR count). The second-order valence-corrected chi connectivity index (χ2v) is 2.51. The van der Waals surface area contributed by atoms with Crippen LogP contribution in [0.3, 0.4) is 0 Å². The zero-order chi connectivity index (χ0) is 9.14. The van der Waals surface area contributed by atoms with E-state index in [-0.39, 0.29) is 10.7 Å². The van der Waals surface area contributed by atoms with E-state index in [4.69, 9.17) is 11.6 Å². The summed E-state index contributed by atoms with van der Waals surface area (Å²) in [6.45, 7) is -0.864. The van der Waals surface area contributed by atoms with Crippen LogP contribution in [0.1, 0.15) is 17.8 Å². The molecule has 1 aromatic rings. The average molecular weight is 196 g/mol. The number of halogens is 4. The van der Waals surface area contributed by atoms with Crippen LogP contribution in [-0.4, -0.2) is 4.98 Å². The summed E-state index contributed by atoms with van der Waals surface area (Å²) in [6, 6.07) is 2.49. The molecule has 1 aromatic heterocycles. The zero-order valence-corrected chi connectivity index (χ0v) is 6.65. The molecule has 0 amide bonds. The first-order valence-corrected chi connectivity index (χ1v) is 3.52. The van der Waals surface area contributed by atoms with E-state index in [9.17, 15) is 13.2 Å². The molecule has 0 aliphatic carbocycles. The number of nitrogens with zero attached hydrogens (tertiary/aromatic N) is 1. The maximum atomic E-state index is 12.1. The number of pyridine rings is 1. The lowest BCUT2D eigenvalue weighted by molar-refractivity contribution is 0.145. The van der Waals surface area contributed by atoms with Crippen LogP contribution in [0.25, 0.3) is 0 Å². The molecule has 0 fully saturated rings. The molecule has 0 saturated carbocycles. The Balaban J connectivity index is 3.08. The lowest BCUT2D eigenvalue weighted by Gasteiger charge is -2.02. The van der Waals surface area contributed by atoms with Gasteiger partial charge in [0.2, 0.25) is 0 Å². The van der Waals surface area contributed by atoms with Gasteiger partial charge in [0.15, 0.2) is 0 Å². The van der Waals surface area contributed by atoms with Crippen molar-refractivity contribution in [2.45, 2.75) is 13.1 Å². The van der Waals surface area contributed by atoms with Crippen molar-refractivity contribution < 1.29 is 13.2 Å². The Morgan fingerprint density at radius 1 is 1.42 bits per heavy atom. The van der Waals surface area contributed by atoms with Crippen LogP contribution in [0.15, 0.2) is 12.1 Å². The minimum atomic E-state index is -2.76. The highest BCUT2D eigenvalue weighted by Crippen LogP contribution is 2.24. The predicted molar refractivity (Wildman–Crippen MR) is 39.0 cm³/mol. The van der Waals surface area contributed by atoms with Crippen molar-refractivity contribution in [2.75, 3.05) is 0 Å². The molecule has 0 saturated heterocycles. The maximum absolute atomic E-state index is 12.1. The molecule has 1 nitrogen and oxygen atoms in total. The maximum Gasteiger partial charge on any atom is 0.281 e. The third kappa shape index (κ3) is 1.88. The smallest absolute Gasteiger partial charge is 0.247 e. The van der Waals surface area contributed by atoms with Gasteiger partial charge in [-0.25, -0.2) is 18.2 Å². The van der Waals surface area contributed by atoms with Crippen molar-refractivity contribution >= 4 is 11.6 Å². The van der Waals surface area contributed by atoms with Crippen LogP contribution < -0.4 is 0 Å². The van der Waals surface area contributed by atoms with E-state index in [1.165, 1.54) is 12.1 Å². The zero-order valence-electron chi connectivity index (χ0n) is 5.90. The van der Waals surface area contributed by atoms with E-state index >= 15 is 0 Å². The van der Waals surface area contributed by atoms with E-state index in [0.717, 1.165) is 0 Å². The fraction of sp³-hybridized carbons (Fsp3) is 0.286. The number of hydrogen-bond donors (Lipinski definition) is 0. The molecule has 12 heavy (non-hydrogen) atoms. The second kappa shape index (κ2) is 3.76. The Morgan fingerprint density at radius 2 is 2.08 bits per heavy atom. The summed E-state index contributed by atoms with van der Waals surface area (Å²) in [6.07, 6.45) is -2.76. The Hall–Kier alpha value is -0.770. The van der Waals surface area contributed by atoms with Gasteiger partial charge < -0.3 is 0 Å². The van der Waals surface area contributed by atoms with Crippen molar-refractivity contribution in [2.24, 2.45) is 0 Å². The minimum Gasteiger partial charge on any atom is -0.247 e. The Labute approximate surface area is 72.2 Å². The first kappa shape index (κ1) is 9.32. The summed E-state index contributed by atoms with van der Waals surface area (Å²) in [4.78, 5) is 3.33. The van der Waals surface area contributed by atoms with Crippen LogP contribution >= 0.6 is 11.6 Å². The summed E-state index contributed by atoms with van der Waals surface area (Å²) in [5.74, 6) is 0. The average Bonchev–Trinajstić information content (AvgIpc) is 2.05. The summed E-state index contributed by atoms with van der Waals surface area (Å²) < 4.78 is 36.1. The summed E-state index contributed by atoms with van der Waals surface area (Å²) in [7, 11) is 0. The highest BCUT2D eigenvalue weighted by atomic mass is 35.5. The van der Waals surface area contributed by atoms with Gasteiger partial charge in [0.25, 0.3) is 6.43 Å². The Morgan fingerprint density at radius 3 is 2.58 bits per heavy atom. The van der Waals surface area contributed by atoms with E-state index in [1.807, 2.05) is 0 Å². The van der Waals surface area contributed by atoms with E-state index in [0.29, 0.717) is 0 Å². The standard InChI is InChI=1S/C7H5ClF3N/c8-5-2-1-4(3-9)12-6(5)7(10)11/h1-2,7H,3H2. The lowest BCUT2D eigenvalue weighted by Crippen LogP contribution is -1.95. The number of aromatic nitrogens is 1. The molecule has 5 heteroatoms. The summed E-state index contributed by atoms with van der Waals surface area (Å²) in [5.41, 5.74) is -0.596. The third-order valence-corrected chi connectivity index (χ3v) is 1.59. The van der Waals surface area contributed by atoms with Crippen molar-refractivity contribution in [3.63, 3.8) is 0 Å². The van der Waals surface area contributed by atoms with Crippen molar-refractivity contribution in [3.05, 3.63) is 28.5 Å². The van der Waals surface area contributed by atoms with Crippen LogP contribution in [0.4, 0.5) is 13.2 Å². The predicted octanol–water partition coefficient (Wildman–Crippen LogP) is 3.14. The molecule has 66 valence electrons. The van der Waals surface area contributed by atoms with Crippen LogP contribution in [0.5, 0.6) is 0 Å². The van der Waals surface area contributed by atoms with Gasteiger partial charge >= 0.3 is 0 Å². The fourth-order valence-corrected chi connectivity index (χ4v) is 0.915. The van der Waals surface area contributed by atoms with Gasteiger partial charge in [-0.2, -0.15) is 0 Å². The highest BCUT2D eigenvalue weighted by Gasteiger charge is 2.13. The number of hydrogen-bond acceptors (Lipinski definition) is 1. The van der Waals surface area contributed by atoms with Crippen LogP contribution in [0.2, 0.25) is 5.02 Å². The molecule has 0 unspecified atom stereocenters. The Bertz CT molecular complexity index is 277. The molecule has 0 radical (unpaired) electrons. The molecule has 0 atom stereocenters. The first-order valence-electron chi connectivity index (χ1n) is 3.14. The SMILES string of the molecule is FCc1ccc(Cl)c(C(F)F)n1. The fourth-order valence-electron chi connectivity index (χ4n) is 0.728. The van der Waals surface area contributed by atoms with Gasteiger partial charge in [-0.05, 0) is 12.1 Å². The molecule has 0 aliphatic rings. The quantitative estimate of drug-likeness (QED) is 0.707. The van der Waals surface area contributed by atoms with E-state index in [2.05, 4.69) is 4.98 Å². The van der Waals surface area contributed by atoms with Gasteiger partial charge in [-0.3, -0.25) is 0 Å². The topological polar surface area (TPSA) is 12.9 Å². The second-order valence-electron chi connectivity index (χ2n) is 2.10. The molecule has 1 heterocycles. The molecular weight excluding hydrogens is 191 g/mol. The van der Waals surface area contributed by atoms with E-state index in [1.54, 1.807) is 0 Å². The summed E-state index contributed by atoms with van der Waals surface area (Å²) >= 11 is 5.38. The first-order chi connectivity index (χ1) is 5.65. The van der Waals surface area contributed by atoms with Gasteiger partial charge in [0.05, 0.1) is 10.7 Å². The third-order valence-electron chi connectivity index (χ3n) is 1.27. The van der Waals surface area contributed by atoms with Gasteiger partial charge in [0.1, 0.15) is 12.4 Å². The molecule has 0 aromatic carbocycles. The molecule has 0 N–H and O–H groups in total. The van der Waals surface area contributed by atoms with Crippen molar-refractivity contribution in [1.82, 2.24) is 4.98 Å². The molecule has 0 aliphatic heterocycles. The van der Waals surface area contributed by atoms with Gasteiger partial charge in [-0.15, -0.1) is 0 Å². The van der Waals surface area contributed by atoms with Gasteiger partial charge in [0, 0.05) is 0 Å². The largest absolute Gasteiger partial charge is 0.281 e. The molecule has 0 spiro atoms. The number of alkyl halides is 3. The normalized spacial score (nSPS) is 10.8. The summed E-state index contributed by atoms with van der Waals surface area (Å²) in [5, 5.41) is -0.137. The minimum absolute atomic E-state index is 0.0327. The lowest BCUT2D eigenvalue weighted by atomic mass is 10.3. The van der Waals surface area contributed by atoms with Crippen LogP contribution in [-0.2, 0) is 6.67 Å². The Kier molecular flexibility index (Phi) is 2.92. The molecular formula is C7H5ClF3N. The van der Waals surface area contributed by atoms with Crippen LogP contribution in [0, 0.1) is 0 Å². The molecule has 0 bridgehead atoms. The van der Waals surface area contributed by atoms with Crippen molar-refractivity contribution in [3.8, 4) is 0 Å². The van der Waals surface area contributed by atoms with Gasteiger partial charge in [-0.1, -0.05) is 11.6 Å². The highest BCUT2D eigenvalue weighted by molar-refractivity contribution is 6.31. The monoisotopic (exact) mass is 195 g/mol. The number of rotatable bonds is 2.